The molecule has 0 atom stereocenters. The van der Waals surface area contributed by atoms with E-state index in [2.05, 4.69) is 40.4 Å². The highest BCUT2D eigenvalue weighted by Crippen LogP contribution is 2.17. The number of allylic oxidation sites excluding steroid dienone is 5. The zero-order chi connectivity index (χ0) is 15.3. The van der Waals surface area contributed by atoms with Gasteiger partial charge in [0.1, 0.15) is 6.21 Å². The Morgan fingerprint density at radius 1 is 1.43 bits per heavy atom. The number of rotatable bonds is 7. The quantitative estimate of drug-likeness (QED) is 0.414. The summed E-state index contributed by atoms with van der Waals surface area (Å²) in [5, 5.41) is 6.42. The molecule has 4 nitrogen and oxygen atoms in total. The summed E-state index contributed by atoms with van der Waals surface area (Å²) in [4.78, 5) is 2.97. The van der Waals surface area contributed by atoms with Gasteiger partial charge in [-0.15, -0.1) is 0 Å². The highest BCUT2D eigenvalue weighted by molar-refractivity contribution is 5.45. The van der Waals surface area contributed by atoms with Crippen LogP contribution in [0.3, 0.4) is 0 Å². The Hall–Kier alpha value is -2.23. The second-order valence-electron chi connectivity index (χ2n) is 4.77. The van der Waals surface area contributed by atoms with Crippen molar-refractivity contribution in [1.29, 1.82) is 0 Å². The third-order valence-corrected chi connectivity index (χ3v) is 3.10. The molecule has 0 aromatic rings. The molecule has 0 aromatic heterocycles. The molecule has 0 amide bonds. The van der Waals surface area contributed by atoms with E-state index in [0.29, 0.717) is 0 Å². The lowest BCUT2D eigenvalue weighted by atomic mass is 10.0. The van der Waals surface area contributed by atoms with E-state index in [1.807, 2.05) is 31.6 Å². The van der Waals surface area contributed by atoms with Crippen molar-refractivity contribution in [3.05, 3.63) is 60.3 Å². The van der Waals surface area contributed by atoms with Crippen LogP contribution in [0, 0.1) is 0 Å². The predicted molar refractivity (Wildman–Crippen MR) is 90.3 cm³/mol. The molecule has 4 heteroatoms. The maximum absolute atomic E-state index is 6.19. The van der Waals surface area contributed by atoms with Crippen LogP contribution in [0.4, 0.5) is 0 Å². The van der Waals surface area contributed by atoms with Gasteiger partial charge in [0.05, 0.1) is 17.6 Å². The van der Waals surface area contributed by atoms with Crippen LogP contribution in [0.2, 0.25) is 0 Å². The SMILES string of the molecule is C=C(NCCN/C=C\[NH+]=CC)/C(N)=C1/C=C\C=C\CCC1. The number of nitrogens with one attached hydrogen (secondary N) is 3. The van der Waals surface area contributed by atoms with Crippen molar-refractivity contribution in [2.45, 2.75) is 26.2 Å². The molecule has 0 heterocycles. The van der Waals surface area contributed by atoms with Gasteiger partial charge in [0.25, 0.3) is 0 Å². The van der Waals surface area contributed by atoms with Gasteiger partial charge >= 0.3 is 0 Å². The Morgan fingerprint density at radius 2 is 2.29 bits per heavy atom. The first kappa shape index (κ1) is 16.8. The van der Waals surface area contributed by atoms with Gasteiger partial charge in [-0.1, -0.05) is 30.9 Å². The lowest BCUT2D eigenvalue weighted by molar-refractivity contribution is -0.367. The number of hydrogen-bond donors (Lipinski definition) is 4. The summed E-state index contributed by atoms with van der Waals surface area (Å²) >= 11 is 0. The molecule has 1 rings (SSSR count). The van der Waals surface area contributed by atoms with Crippen LogP contribution in [0.15, 0.2) is 60.3 Å². The van der Waals surface area contributed by atoms with Gasteiger partial charge in [-0.3, -0.25) is 0 Å². The van der Waals surface area contributed by atoms with E-state index >= 15 is 0 Å². The van der Waals surface area contributed by atoms with Crippen LogP contribution in [0.1, 0.15) is 26.2 Å². The Balaban J connectivity index is 2.39. The first-order valence-corrected chi connectivity index (χ1v) is 7.43. The molecule has 0 radical (unpaired) electrons. The molecule has 0 fully saturated rings. The van der Waals surface area contributed by atoms with Crippen LogP contribution < -0.4 is 21.4 Å². The molecule has 0 aliphatic heterocycles. The van der Waals surface area contributed by atoms with Crippen LogP contribution in [-0.4, -0.2) is 19.3 Å². The summed E-state index contributed by atoms with van der Waals surface area (Å²) in [6, 6.07) is 0. The predicted octanol–water partition coefficient (Wildman–Crippen LogP) is 0.831. The monoisotopic (exact) mass is 287 g/mol. The van der Waals surface area contributed by atoms with Crippen molar-refractivity contribution in [2.75, 3.05) is 13.1 Å². The third kappa shape index (κ3) is 7.20. The van der Waals surface area contributed by atoms with E-state index in [1.165, 1.54) is 0 Å². The van der Waals surface area contributed by atoms with Crippen molar-refractivity contribution < 1.29 is 4.99 Å². The molecule has 114 valence electrons. The van der Waals surface area contributed by atoms with Gasteiger partial charge < -0.3 is 16.4 Å². The Labute approximate surface area is 127 Å². The molecule has 0 unspecified atom stereocenters. The maximum Gasteiger partial charge on any atom is 0.182 e. The second-order valence-corrected chi connectivity index (χ2v) is 4.77. The number of hydrogen-bond acceptors (Lipinski definition) is 3. The molecule has 5 N–H and O–H groups in total. The lowest BCUT2D eigenvalue weighted by Crippen LogP contribution is -2.60. The Kier molecular flexibility index (Phi) is 8.45. The van der Waals surface area contributed by atoms with E-state index in [1.54, 1.807) is 0 Å². The van der Waals surface area contributed by atoms with Crippen molar-refractivity contribution >= 4 is 6.21 Å². The summed E-state index contributed by atoms with van der Waals surface area (Å²) in [6.07, 6.45) is 17.2. The first-order valence-electron chi connectivity index (χ1n) is 7.43. The summed E-state index contributed by atoms with van der Waals surface area (Å²) in [6.45, 7) is 7.54. The van der Waals surface area contributed by atoms with E-state index in [9.17, 15) is 0 Å². The largest absolute Gasteiger partial charge is 0.397 e. The van der Waals surface area contributed by atoms with Gasteiger partial charge in [-0.2, -0.15) is 0 Å². The van der Waals surface area contributed by atoms with Crippen LogP contribution in [0.25, 0.3) is 0 Å². The topological polar surface area (TPSA) is 64.0 Å². The van der Waals surface area contributed by atoms with Gasteiger partial charge in [0, 0.05) is 20.0 Å². The van der Waals surface area contributed by atoms with Crippen molar-refractivity contribution in [2.24, 2.45) is 5.73 Å². The van der Waals surface area contributed by atoms with E-state index in [0.717, 1.165) is 49.3 Å². The molecule has 0 saturated carbocycles. The standard InChI is InChI=1S/C17H26N4/c1-3-19-11-12-20-13-14-21-15(2)17(18)16-9-7-5-4-6-8-10-16/h3-5,7,9,11-12,20-21H,2,6,8,10,13-14,18H2,1H3/p+1/b5-4+,9-7-,12-11-,17-16+,19-3?. The molecule has 21 heavy (non-hydrogen) atoms. The Morgan fingerprint density at radius 3 is 3.10 bits per heavy atom. The van der Waals surface area contributed by atoms with Crippen molar-refractivity contribution in [3.63, 3.8) is 0 Å². The first-order chi connectivity index (χ1) is 10.3. The molecular weight excluding hydrogens is 260 g/mol. The molecular formula is C17H27N4+. The molecule has 0 aromatic carbocycles. The lowest BCUT2D eigenvalue weighted by Gasteiger charge is -2.14. The zero-order valence-electron chi connectivity index (χ0n) is 12.9. The minimum absolute atomic E-state index is 0.763. The summed E-state index contributed by atoms with van der Waals surface area (Å²) in [7, 11) is 0. The smallest absolute Gasteiger partial charge is 0.182 e. The van der Waals surface area contributed by atoms with E-state index < -0.39 is 0 Å². The fourth-order valence-electron chi connectivity index (χ4n) is 1.93. The van der Waals surface area contributed by atoms with Crippen LogP contribution in [0.5, 0.6) is 0 Å². The van der Waals surface area contributed by atoms with Crippen LogP contribution >= 0.6 is 0 Å². The molecule has 0 spiro atoms. The molecule has 0 bridgehead atoms. The maximum atomic E-state index is 6.19. The average Bonchev–Trinajstić information content (AvgIpc) is 2.45. The van der Waals surface area contributed by atoms with Gasteiger partial charge in [0.2, 0.25) is 0 Å². The van der Waals surface area contributed by atoms with Crippen molar-refractivity contribution in [1.82, 2.24) is 10.6 Å². The molecule has 1 aliphatic rings. The average molecular weight is 287 g/mol. The van der Waals surface area contributed by atoms with Gasteiger partial charge in [0.15, 0.2) is 6.20 Å². The van der Waals surface area contributed by atoms with Crippen molar-refractivity contribution in [3.8, 4) is 0 Å². The van der Waals surface area contributed by atoms with Crippen LogP contribution in [-0.2, 0) is 0 Å². The van der Waals surface area contributed by atoms with Gasteiger partial charge in [-0.25, -0.2) is 4.99 Å². The van der Waals surface area contributed by atoms with Gasteiger partial charge in [-0.05, 0) is 24.8 Å². The fraction of sp³-hybridized carbons (Fsp3) is 0.353. The highest BCUT2D eigenvalue weighted by atomic mass is 15.0. The van der Waals surface area contributed by atoms with E-state index in [-0.39, 0.29) is 0 Å². The zero-order valence-corrected chi connectivity index (χ0v) is 12.9. The third-order valence-electron chi connectivity index (χ3n) is 3.10. The minimum Gasteiger partial charge on any atom is -0.397 e. The minimum atomic E-state index is 0.763. The normalized spacial score (nSPS) is 20.8. The number of nitrogens with two attached hydrogens (primary N) is 1. The van der Waals surface area contributed by atoms with E-state index in [4.69, 9.17) is 5.73 Å². The molecule has 0 saturated heterocycles. The summed E-state index contributed by atoms with van der Waals surface area (Å²) < 4.78 is 0. The second kappa shape index (κ2) is 10.5. The summed E-state index contributed by atoms with van der Waals surface area (Å²) in [5.74, 6) is 0. The molecule has 1 aliphatic carbocycles. The highest BCUT2D eigenvalue weighted by Gasteiger charge is 2.05. The summed E-state index contributed by atoms with van der Waals surface area (Å²) in [5.41, 5.74) is 8.91. The fourth-order valence-corrected chi connectivity index (χ4v) is 1.93. The Bertz CT molecular complexity index is 467.